The Hall–Kier alpha value is -4.30. The molecule has 426 valence electrons. The number of nitrogen functional groups attached to an aromatic ring is 3. The molecule has 0 saturated carbocycles. The molecule has 6 aromatic rings. The van der Waals surface area contributed by atoms with E-state index in [2.05, 4.69) is 39.9 Å². The molecule has 4 aliphatic heterocycles. The third-order valence-corrected chi connectivity index (χ3v) is 16.6. The number of fused-ring (bicyclic) bond motifs is 4. The largest absolute Gasteiger partial charge is 0.472 e. The second-order valence-electron chi connectivity index (χ2n) is 17.7. The van der Waals surface area contributed by atoms with E-state index in [9.17, 15) is 43.3 Å². The number of nitrogens with two attached hydrogens (primary N) is 3. The normalized spacial score (nSPS) is 30.9. The zero-order valence-corrected chi connectivity index (χ0v) is 44.5. The smallest absolute Gasteiger partial charge is 0.397 e. The van der Waals surface area contributed by atoms with Crippen molar-refractivity contribution < 1.29 is 104 Å². The molecular formula is C37H50N14O22P4S. The number of rotatable bonds is 22. The number of ether oxygens (including phenoxy) is 5. The number of anilines is 3. The Balaban J connectivity index is 0.895. The van der Waals surface area contributed by atoms with Crippen LogP contribution in [0.15, 0.2) is 43.9 Å². The molecule has 6 unspecified atom stereocenters. The summed E-state index contributed by atoms with van der Waals surface area (Å²) in [6.45, 7) is -8.06. The van der Waals surface area contributed by atoms with Crippen LogP contribution in [-0.2, 0) is 80.9 Å². The molecule has 10 rings (SSSR count). The first-order valence-electron chi connectivity index (χ1n) is 23.0. The highest BCUT2D eigenvalue weighted by molar-refractivity contribution is 8.06. The Morgan fingerprint density at radius 1 is 0.692 bits per heavy atom. The number of aromatic nitrogens is 11. The molecule has 41 heteroatoms. The monoisotopic (exact) mass is 1200 g/mol. The van der Waals surface area contributed by atoms with Gasteiger partial charge in [-0.2, -0.15) is 0 Å². The average Bonchev–Trinajstić information content (AvgIpc) is 4.36. The van der Waals surface area contributed by atoms with Gasteiger partial charge in [-0.15, -0.1) is 0 Å². The highest BCUT2D eigenvalue weighted by Crippen LogP contribution is 2.57. The van der Waals surface area contributed by atoms with E-state index in [1.165, 1.54) is 45.7 Å². The zero-order valence-electron chi connectivity index (χ0n) is 40.2. The molecule has 13 N–H and O–H groups in total. The third kappa shape index (κ3) is 11.5. The van der Waals surface area contributed by atoms with E-state index >= 15 is 0 Å². The predicted molar refractivity (Wildman–Crippen MR) is 262 cm³/mol. The second kappa shape index (κ2) is 22.2. The molecule has 4 fully saturated rings. The van der Waals surface area contributed by atoms with Crippen LogP contribution in [0.25, 0.3) is 33.5 Å². The van der Waals surface area contributed by atoms with E-state index < -0.39 is 136 Å². The van der Waals surface area contributed by atoms with Crippen molar-refractivity contribution in [3.63, 3.8) is 0 Å². The number of hydrogen-bond donors (Lipinski definition) is 10. The molecule has 36 nitrogen and oxygen atoms in total. The van der Waals surface area contributed by atoms with Crippen LogP contribution in [0, 0.1) is 0 Å². The van der Waals surface area contributed by atoms with E-state index in [0.29, 0.717) is 6.42 Å². The molecule has 0 amide bonds. The first-order chi connectivity index (χ1) is 37.0. The molecule has 6 aromatic heterocycles. The van der Waals surface area contributed by atoms with Crippen LogP contribution in [-0.4, -0.2) is 189 Å². The molecule has 10 heterocycles. The van der Waals surface area contributed by atoms with Crippen LogP contribution in [0.4, 0.5) is 17.3 Å². The number of hydrogen-bond acceptors (Lipinski definition) is 29. The minimum absolute atomic E-state index is 0.0121. The Morgan fingerprint density at radius 3 is 1.90 bits per heavy atom. The van der Waals surface area contributed by atoms with Gasteiger partial charge in [0, 0.05) is 19.9 Å². The van der Waals surface area contributed by atoms with E-state index in [1.54, 1.807) is 0 Å². The van der Waals surface area contributed by atoms with Crippen LogP contribution in [0.2, 0.25) is 0 Å². The highest BCUT2D eigenvalue weighted by Gasteiger charge is 2.61. The quantitative estimate of drug-likeness (QED) is 0.0372. The summed E-state index contributed by atoms with van der Waals surface area (Å²) in [6, 6.07) is 1.51. The fourth-order valence-corrected chi connectivity index (χ4v) is 13.0. The second-order valence-corrected chi connectivity index (χ2v) is 24.6. The van der Waals surface area contributed by atoms with Crippen molar-refractivity contribution in [1.82, 2.24) is 53.6 Å². The molecule has 0 aromatic carbocycles. The van der Waals surface area contributed by atoms with E-state index in [4.69, 9.17) is 89.5 Å². The van der Waals surface area contributed by atoms with Crippen molar-refractivity contribution in [3.8, 4) is 0 Å². The summed E-state index contributed by atoms with van der Waals surface area (Å²) in [5.74, 6) is -0.123. The molecule has 0 spiro atoms. The third-order valence-electron chi connectivity index (χ3n) is 12.8. The van der Waals surface area contributed by atoms with Crippen LogP contribution in [0.3, 0.4) is 0 Å². The Kier molecular flexibility index (Phi) is 16.2. The summed E-state index contributed by atoms with van der Waals surface area (Å²) in [7, 11) is -14.5. The van der Waals surface area contributed by atoms with Gasteiger partial charge in [-0.3, -0.25) is 45.4 Å². The standard InChI is InChI=1S/C37H50N14O22P4S/c1-62-24-19(10-65-74(54,55)64-8-6-52)69-35(50-16-48-22-30(40)43-13-45-33(22)50)26(24)72-75(56,57)66-9-18-23(53)25(34(68-18)49-15-47-21-29(39)42-12-44-32(21)49)71-76(58,59)67-11-37-4-2-7-63-28(37)27(73-77(60,61)78)36(70-37)51-14-46-20-17(38)3-5-41-31(20)51/h3,5,12-16,18-19,23-28,34-36,52-53H,2,4,6-11H2,1H3,(H2,38,41)(H,54,55)(H,56,57)(H,58,59)(H2,39,42,44)(H2,40,43,45)(H2,60,61,78)/t18-,19-,23?,24?,25+,26+,27+,28?,34-,35-,36-,37-/m1/s1. The SMILES string of the molecule is COC1[C@@H](COP(=O)(O)OCCO)O[C@@H](n2cnc3c(N)ncnc32)[C@H]1OP(=O)(O)OC[C@H]1O[C@@H](n2cnc3c(N)ncnc32)[C@@H](OP(=O)(O)OC[C@]23CCCOC2[C@H](OP(O)(O)=S)[C@H](n2cnc4c(N)ccnc42)O3)C1O. The first-order valence-corrected chi connectivity index (χ1v) is 30.1. The first kappa shape index (κ1) is 57.0. The fourth-order valence-electron chi connectivity index (χ4n) is 9.52. The summed E-state index contributed by atoms with van der Waals surface area (Å²) in [5, 5.41) is 21.0. The van der Waals surface area contributed by atoms with Gasteiger partial charge in [0.1, 0.15) is 83.6 Å². The van der Waals surface area contributed by atoms with E-state index in [1.807, 2.05) is 0 Å². The molecule has 4 aliphatic rings. The molecule has 0 bridgehead atoms. The van der Waals surface area contributed by atoms with Gasteiger partial charge in [-0.05, 0) is 30.7 Å². The zero-order chi connectivity index (χ0) is 55.5. The van der Waals surface area contributed by atoms with Crippen molar-refractivity contribution in [1.29, 1.82) is 0 Å². The Bertz CT molecular complexity index is 3360. The summed E-state index contributed by atoms with van der Waals surface area (Å²) < 4.78 is 113. The minimum atomic E-state index is -5.44. The lowest BCUT2D eigenvalue weighted by molar-refractivity contribution is -0.165. The van der Waals surface area contributed by atoms with Crippen molar-refractivity contribution in [3.05, 3.63) is 43.9 Å². The average molecular weight is 1200 g/mol. The van der Waals surface area contributed by atoms with Gasteiger partial charge in [0.2, 0.25) is 0 Å². The number of phosphoric acid groups is 3. The lowest BCUT2D eigenvalue weighted by Crippen LogP contribution is -2.51. The molecule has 0 radical (unpaired) electrons. The van der Waals surface area contributed by atoms with E-state index in [0.717, 1.165) is 19.0 Å². The number of pyridine rings is 1. The number of aliphatic hydroxyl groups is 2. The van der Waals surface area contributed by atoms with Crippen LogP contribution in [0.5, 0.6) is 0 Å². The Labute approximate surface area is 442 Å². The molecule has 78 heavy (non-hydrogen) atoms. The number of nitrogens with zero attached hydrogens (tertiary/aromatic N) is 11. The number of imidazole rings is 3. The summed E-state index contributed by atoms with van der Waals surface area (Å²) in [4.78, 5) is 87.2. The summed E-state index contributed by atoms with van der Waals surface area (Å²) in [6.07, 6.45) is -9.50. The summed E-state index contributed by atoms with van der Waals surface area (Å²) in [5.41, 5.74) is 17.4. The Morgan fingerprint density at radius 2 is 1.26 bits per heavy atom. The molecule has 15 atom stereocenters. The maximum atomic E-state index is 14.3. The maximum Gasteiger partial charge on any atom is 0.472 e. The molecule has 0 aliphatic carbocycles. The lowest BCUT2D eigenvalue weighted by Gasteiger charge is -2.38. The minimum Gasteiger partial charge on any atom is -0.397 e. The van der Waals surface area contributed by atoms with Crippen LogP contribution in [0.1, 0.15) is 31.5 Å². The van der Waals surface area contributed by atoms with Gasteiger partial charge in [-0.1, -0.05) is 0 Å². The fraction of sp³-hybridized carbons (Fsp3) is 0.568. The van der Waals surface area contributed by atoms with Gasteiger partial charge in [-0.25, -0.2) is 53.6 Å². The van der Waals surface area contributed by atoms with Gasteiger partial charge < -0.3 is 75.6 Å². The maximum absolute atomic E-state index is 14.3. The topological polar surface area (TPSA) is 500 Å². The lowest BCUT2D eigenvalue weighted by atomic mass is 9.89. The van der Waals surface area contributed by atoms with E-state index in [-0.39, 0.29) is 63.8 Å². The number of methoxy groups -OCH3 is 1. The van der Waals surface area contributed by atoms with Crippen molar-refractivity contribution in [2.24, 2.45) is 0 Å². The van der Waals surface area contributed by atoms with Crippen molar-refractivity contribution in [2.45, 2.75) is 86.0 Å². The van der Waals surface area contributed by atoms with Crippen molar-refractivity contribution >= 4 is 92.8 Å². The molecule has 4 saturated heterocycles. The number of aliphatic hydroxyl groups excluding tert-OH is 2. The molecular weight excluding hydrogens is 1150 g/mol. The van der Waals surface area contributed by atoms with Crippen molar-refractivity contribution in [2.75, 3.05) is 64.0 Å². The predicted octanol–water partition coefficient (Wildman–Crippen LogP) is -0.800. The van der Waals surface area contributed by atoms with Gasteiger partial charge in [0.05, 0.1) is 57.7 Å². The van der Waals surface area contributed by atoms with Gasteiger partial charge >= 0.3 is 30.2 Å². The van der Waals surface area contributed by atoms with Crippen LogP contribution < -0.4 is 17.2 Å². The van der Waals surface area contributed by atoms with Crippen LogP contribution >= 0.6 is 30.2 Å². The van der Waals surface area contributed by atoms with Gasteiger partial charge in [0.25, 0.3) is 0 Å². The van der Waals surface area contributed by atoms with Gasteiger partial charge in [0.15, 0.2) is 47.3 Å². The summed E-state index contributed by atoms with van der Waals surface area (Å²) >= 11 is 4.85. The highest BCUT2D eigenvalue weighted by atomic mass is 32.5. The number of phosphoric ester groups is 3.